The first-order valence-corrected chi connectivity index (χ1v) is 17.4. The van der Waals surface area contributed by atoms with Crippen LogP contribution in [0.25, 0.3) is 10.9 Å². The molecular formula is C35H49N3O3S. The molecule has 1 aromatic heterocycles. The van der Waals surface area contributed by atoms with Crippen molar-refractivity contribution in [1.29, 1.82) is 0 Å². The van der Waals surface area contributed by atoms with Crippen LogP contribution in [0.5, 0.6) is 0 Å². The maximum absolute atomic E-state index is 13.9. The van der Waals surface area contributed by atoms with Crippen molar-refractivity contribution in [2.45, 2.75) is 110 Å². The number of sulfonamides is 1. The fraction of sp³-hybridized carbons (Fsp3) is 0.571. The Bertz CT molecular complexity index is 1500. The Morgan fingerprint density at radius 2 is 1.74 bits per heavy atom. The van der Waals surface area contributed by atoms with Gasteiger partial charge in [-0.2, -0.15) is 0 Å². The topological polar surface area (TPSA) is 71.5 Å². The molecule has 1 N–H and O–H groups in total. The van der Waals surface area contributed by atoms with E-state index in [2.05, 4.69) is 55.3 Å². The lowest BCUT2D eigenvalue weighted by molar-refractivity contribution is -0.131. The molecule has 4 heterocycles. The van der Waals surface area contributed by atoms with E-state index in [1.54, 1.807) is 0 Å². The zero-order valence-corrected chi connectivity index (χ0v) is 27.4. The number of aromatic nitrogens is 1. The van der Waals surface area contributed by atoms with Crippen molar-refractivity contribution in [3.05, 3.63) is 64.8 Å². The van der Waals surface area contributed by atoms with Crippen LogP contribution in [-0.2, 0) is 34.0 Å². The Kier molecular flexibility index (Phi) is 9.03. The maximum Gasteiger partial charge on any atom is 0.262 e. The number of aryl methyl sites for hydroxylation is 3. The smallest absolute Gasteiger partial charge is 0.262 e. The number of hydrogen-bond donors (Lipinski definition) is 1. The molecule has 0 saturated carbocycles. The fourth-order valence-electron chi connectivity index (χ4n) is 7.27. The zero-order valence-electron chi connectivity index (χ0n) is 26.5. The van der Waals surface area contributed by atoms with Crippen LogP contribution in [-0.4, -0.2) is 43.0 Å². The van der Waals surface area contributed by atoms with E-state index in [0.29, 0.717) is 23.4 Å². The lowest BCUT2D eigenvalue weighted by Gasteiger charge is -2.52. The quantitative estimate of drug-likeness (QED) is 0.262. The van der Waals surface area contributed by atoms with Crippen molar-refractivity contribution in [3.63, 3.8) is 0 Å². The van der Waals surface area contributed by atoms with Crippen LogP contribution in [0.4, 0.5) is 5.69 Å². The van der Waals surface area contributed by atoms with E-state index in [1.165, 1.54) is 18.4 Å². The highest BCUT2D eigenvalue weighted by atomic mass is 32.2. The molecule has 228 valence electrons. The number of fused-ring (bicyclic) bond motifs is 4. The van der Waals surface area contributed by atoms with Crippen molar-refractivity contribution >= 4 is 26.6 Å². The van der Waals surface area contributed by atoms with E-state index in [4.69, 9.17) is 4.74 Å². The number of nitrogens with zero attached hydrogens (tertiary/aromatic N) is 2. The third-order valence-electron chi connectivity index (χ3n) is 9.37. The number of anilines is 1. The second-order valence-corrected chi connectivity index (χ2v) is 14.8. The highest BCUT2D eigenvalue weighted by Crippen LogP contribution is 2.45. The van der Waals surface area contributed by atoms with Gasteiger partial charge in [-0.3, -0.25) is 14.6 Å². The summed E-state index contributed by atoms with van der Waals surface area (Å²) in [6, 6.07) is 12.1. The van der Waals surface area contributed by atoms with Gasteiger partial charge in [-0.05, 0) is 118 Å². The third-order valence-corrected chi connectivity index (χ3v) is 10.9. The molecule has 42 heavy (non-hydrogen) atoms. The van der Waals surface area contributed by atoms with Crippen molar-refractivity contribution in [2.24, 2.45) is 11.8 Å². The van der Waals surface area contributed by atoms with Gasteiger partial charge in [0.05, 0.1) is 22.1 Å². The Morgan fingerprint density at radius 1 is 1.02 bits per heavy atom. The van der Waals surface area contributed by atoms with Gasteiger partial charge in [-0.25, -0.2) is 8.42 Å². The van der Waals surface area contributed by atoms with Gasteiger partial charge >= 0.3 is 0 Å². The van der Waals surface area contributed by atoms with Crippen LogP contribution in [0.2, 0.25) is 0 Å². The molecule has 2 bridgehead atoms. The summed E-state index contributed by atoms with van der Waals surface area (Å²) >= 11 is 0. The number of pyridine rings is 1. The molecule has 5 atom stereocenters. The second kappa shape index (κ2) is 12.3. The van der Waals surface area contributed by atoms with E-state index in [9.17, 15) is 8.42 Å². The molecule has 3 aliphatic rings. The summed E-state index contributed by atoms with van der Waals surface area (Å²) < 4.78 is 37.7. The predicted molar refractivity (Wildman–Crippen MR) is 173 cm³/mol. The van der Waals surface area contributed by atoms with Crippen LogP contribution in [0.1, 0.15) is 96.1 Å². The van der Waals surface area contributed by atoms with Crippen molar-refractivity contribution in [2.75, 3.05) is 17.8 Å². The molecule has 0 amide bonds. The molecule has 2 aromatic carbocycles. The van der Waals surface area contributed by atoms with Crippen LogP contribution in [0.3, 0.4) is 0 Å². The standard InChI is InChI=1S/C35H49N3O3S/c1-8-23-18-24(9-2)34(25(10-3)19-23)42(39,40)37-28-12-13-31-30(21-28)29(14-16-36-31)33(41-35(5,6)7)32-20-27-15-17-38(32)22-26(27)11-4/h12-14,16,18-19,21,26-27,32-33,37H,8-11,15,17,20,22H2,1-7H3/t26?,27?,32?,33-/m1/s1. The largest absolute Gasteiger partial charge is 0.366 e. The monoisotopic (exact) mass is 591 g/mol. The van der Waals surface area contributed by atoms with Crippen molar-refractivity contribution in [3.8, 4) is 0 Å². The first kappa shape index (κ1) is 31.0. The molecule has 3 fully saturated rings. The Balaban J connectivity index is 1.55. The average Bonchev–Trinajstić information content (AvgIpc) is 2.98. The van der Waals surface area contributed by atoms with Gasteiger partial charge in [-0.1, -0.05) is 46.2 Å². The molecule has 6 rings (SSSR count). The van der Waals surface area contributed by atoms with Gasteiger partial charge in [0, 0.05) is 29.9 Å². The van der Waals surface area contributed by atoms with Crippen molar-refractivity contribution < 1.29 is 13.2 Å². The maximum atomic E-state index is 13.9. The van der Waals surface area contributed by atoms with Gasteiger partial charge in [0.2, 0.25) is 0 Å². The summed E-state index contributed by atoms with van der Waals surface area (Å²) in [5.41, 5.74) is 5.05. The van der Waals surface area contributed by atoms with E-state index in [1.807, 2.05) is 50.4 Å². The van der Waals surface area contributed by atoms with E-state index < -0.39 is 10.0 Å². The van der Waals surface area contributed by atoms with Crippen molar-refractivity contribution in [1.82, 2.24) is 9.88 Å². The first-order valence-electron chi connectivity index (χ1n) is 16.0. The summed E-state index contributed by atoms with van der Waals surface area (Å²) in [7, 11) is -3.80. The highest BCUT2D eigenvalue weighted by molar-refractivity contribution is 7.92. The highest BCUT2D eigenvalue weighted by Gasteiger charge is 2.44. The number of rotatable bonds is 10. The molecule has 4 unspecified atom stereocenters. The summed E-state index contributed by atoms with van der Waals surface area (Å²) in [5, 5.41) is 0.939. The van der Waals surface area contributed by atoms with Crippen LogP contribution in [0.15, 0.2) is 47.5 Å². The number of benzene rings is 2. The molecule has 3 aromatic rings. The lowest BCUT2D eigenvalue weighted by Crippen LogP contribution is -2.56. The molecular weight excluding hydrogens is 542 g/mol. The number of hydrogen-bond acceptors (Lipinski definition) is 5. The molecule has 7 heteroatoms. The Morgan fingerprint density at radius 3 is 2.31 bits per heavy atom. The normalized spacial score (nSPS) is 23.3. The molecule has 0 aliphatic carbocycles. The number of ether oxygens (including phenoxy) is 1. The van der Waals surface area contributed by atoms with Gasteiger partial charge < -0.3 is 4.74 Å². The zero-order chi connectivity index (χ0) is 30.2. The molecule has 6 nitrogen and oxygen atoms in total. The summed E-state index contributed by atoms with van der Waals surface area (Å²) in [5.74, 6) is 1.49. The third kappa shape index (κ3) is 6.24. The SMILES string of the molecule is CCc1cc(CC)c(S(=O)(=O)Nc2ccc3nccc([C@@H](OC(C)(C)C)C4CC5CCN4CC5CC)c3c2)c(CC)c1. The van der Waals surface area contributed by atoms with Crippen LogP contribution in [0, 0.1) is 11.8 Å². The molecule has 0 radical (unpaired) electrons. The molecule has 0 spiro atoms. The fourth-order valence-corrected chi connectivity index (χ4v) is 8.91. The molecule has 3 saturated heterocycles. The van der Waals surface area contributed by atoms with E-state index >= 15 is 0 Å². The van der Waals surface area contributed by atoms with Gasteiger partial charge in [0.1, 0.15) is 0 Å². The minimum absolute atomic E-state index is 0.136. The second-order valence-electron chi connectivity index (χ2n) is 13.2. The first-order chi connectivity index (χ1) is 20.0. The van der Waals surface area contributed by atoms with Gasteiger partial charge in [0.25, 0.3) is 10.0 Å². The lowest BCUT2D eigenvalue weighted by atomic mass is 9.72. The van der Waals surface area contributed by atoms with E-state index in [0.717, 1.165) is 65.4 Å². The summed E-state index contributed by atoms with van der Waals surface area (Å²) in [4.78, 5) is 7.72. The summed E-state index contributed by atoms with van der Waals surface area (Å²) in [6.45, 7) is 17.1. The number of nitrogens with one attached hydrogen (secondary N) is 1. The summed E-state index contributed by atoms with van der Waals surface area (Å²) in [6.07, 6.45) is 7.54. The predicted octanol–water partition coefficient (Wildman–Crippen LogP) is 7.70. The number of piperidine rings is 3. The van der Waals surface area contributed by atoms with Gasteiger partial charge in [-0.15, -0.1) is 0 Å². The van der Waals surface area contributed by atoms with E-state index in [-0.39, 0.29) is 17.7 Å². The molecule has 3 aliphatic heterocycles. The minimum atomic E-state index is -3.80. The Hall–Kier alpha value is -2.48. The average molecular weight is 592 g/mol. The van der Waals surface area contributed by atoms with Crippen LogP contribution < -0.4 is 4.72 Å². The Labute approximate surface area is 253 Å². The minimum Gasteiger partial charge on any atom is -0.366 e. The van der Waals surface area contributed by atoms with Gasteiger partial charge in [0.15, 0.2) is 0 Å². The van der Waals surface area contributed by atoms with Crippen LogP contribution >= 0.6 is 0 Å².